The molecular weight excluding hydrogens is 362 g/mol. The summed E-state index contributed by atoms with van der Waals surface area (Å²) < 4.78 is 5.59. The van der Waals surface area contributed by atoms with Crippen LogP contribution in [0.1, 0.15) is 39.8 Å². The summed E-state index contributed by atoms with van der Waals surface area (Å²) >= 11 is 0. The summed E-state index contributed by atoms with van der Waals surface area (Å²) in [6.45, 7) is 4.12. The zero-order chi connectivity index (χ0) is 20.4. The minimum atomic E-state index is -0.524. The minimum absolute atomic E-state index is 0.0161. The Morgan fingerprint density at radius 2 is 1.59 bits per heavy atom. The number of alkyl carbamates (subject to hydrolysis) is 1. The van der Waals surface area contributed by atoms with Gasteiger partial charge in [0.25, 0.3) is 0 Å². The molecule has 148 valence electrons. The van der Waals surface area contributed by atoms with Crippen molar-refractivity contribution in [2.45, 2.75) is 25.8 Å². The molecule has 4 heteroatoms. The van der Waals surface area contributed by atoms with Gasteiger partial charge >= 0.3 is 6.09 Å². The van der Waals surface area contributed by atoms with Gasteiger partial charge in [0.1, 0.15) is 6.61 Å². The molecule has 4 nitrogen and oxygen atoms in total. The molecule has 0 radical (unpaired) electrons. The van der Waals surface area contributed by atoms with E-state index in [1.165, 1.54) is 27.8 Å². The quantitative estimate of drug-likeness (QED) is 0.656. The lowest BCUT2D eigenvalue weighted by molar-refractivity contribution is 0.132. The summed E-state index contributed by atoms with van der Waals surface area (Å²) in [6, 6.07) is 21.9. The van der Waals surface area contributed by atoms with Crippen molar-refractivity contribution in [1.29, 1.82) is 0 Å². The van der Waals surface area contributed by atoms with Crippen LogP contribution in [0, 0.1) is 13.8 Å². The van der Waals surface area contributed by atoms with Gasteiger partial charge in [-0.25, -0.2) is 4.79 Å². The lowest BCUT2D eigenvalue weighted by Crippen LogP contribution is -2.32. The van der Waals surface area contributed by atoms with Crippen molar-refractivity contribution in [1.82, 2.24) is 5.32 Å². The van der Waals surface area contributed by atoms with Crippen molar-refractivity contribution in [3.05, 3.63) is 94.5 Å². The molecule has 29 heavy (non-hydrogen) atoms. The Bertz CT molecular complexity index is 998. The summed E-state index contributed by atoms with van der Waals surface area (Å²) in [6.07, 6.45) is -0.524. The lowest BCUT2D eigenvalue weighted by atomic mass is 9.98. The van der Waals surface area contributed by atoms with Gasteiger partial charge in [0.15, 0.2) is 0 Å². The van der Waals surface area contributed by atoms with Crippen LogP contribution in [0.15, 0.2) is 66.7 Å². The highest BCUT2D eigenvalue weighted by atomic mass is 16.5. The third kappa shape index (κ3) is 3.76. The van der Waals surface area contributed by atoms with Gasteiger partial charge in [0, 0.05) is 5.92 Å². The average molecular weight is 387 g/mol. The summed E-state index contributed by atoms with van der Waals surface area (Å²) in [7, 11) is 0. The largest absolute Gasteiger partial charge is 0.449 e. The van der Waals surface area contributed by atoms with Gasteiger partial charge < -0.3 is 15.2 Å². The van der Waals surface area contributed by atoms with Crippen LogP contribution in [0.3, 0.4) is 0 Å². The monoisotopic (exact) mass is 387 g/mol. The van der Waals surface area contributed by atoms with Crippen LogP contribution in [-0.2, 0) is 4.74 Å². The van der Waals surface area contributed by atoms with E-state index < -0.39 is 12.1 Å². The number of hydrogen-bond donors (Lipinski definition) is 2. The molecule has 4 rings (SSSR count). The van der Waals surface area contributed by atoms with Crippen molar-refractivity contribution < 1.29 is 14.6 Å². The van der Waals surface area contributed by atoms with E-state index >= 15 is 0 Å². The van der Waals surface area contributed by atoms with E-state index in [1.54, 1.807) is 0 Å². The normalized spacial score (nSPS) is 13.5. The zero-order valence-corrected chi connectivity index (χ0v) is 16.7. The number of amides is 1. The first-order valence-corrected chi connectivity index (χ1v) is 9.88. The summed E-state index contributed by atoms with van der Waals surface area (Å²) in [5.74, 6) is 0.0161. The van der Waals surface area contributed by atoms with Gasteiger partial charge in [-0.3, -0.25) is 0 Å². The van der Waals surface area contributed by atoms with E-state index in [0.29, 0.717) is 0 Å². The number of aliphatic hydroxyl groups excluding tert-OH is 1. The number of carbonyl (C=O) groups excluding carboxylic acids is 1. The molecule has 0 bridgehead atoms. The topological polar surface area (TPSA) is 58.6 Å². The molecule has 0 fully saturated rings. The number of hydrogen-bond acceptors (Lipinski definition) is 3. The van der Waals surface area contributed by atoms with Crippen LogP contribution >= 0.6 is 0 Å². The third-order valence-corrected chi connectivity index (χ3v) is 5.75. The van der Waals surface area contributed by atoms with E-state index in [1.807, 2.05) is 56.3 Å². The smallest absolute Gasteiger partial charge is 0.407 e. The third-order valence-electron chi connectivity index (χ3n) is 5.75. The van der Waals surface area contributed by atoms with Crippen LogP contribution < -0.4 is 5.32 Å². The van der Waals surface area contributed by atoms with Crippen LogP contribution in [-0.4, -0.2) is 24.4 Å². The first-order valence-electron chi connectivity index (χ1n) is 9.88. The van der Waals surface area contributed by atoms with E-state index in [9.17, 15) is 9.90 Å². The molecule has 0 aliphatic heterocycles. The SMILES string of the molecule is Cc1ccc(C(CO)NC(=O)OCC2c3ccccc3-c3ccccc32)cc1C. The molecule has 1 atom stereocenters. The van der Waals surface area contributed by atoms with Crippen LogP contribution in [0.5, 0.6) is 0 Å². The number of fused-ring (bicyclic) bond motifs is 3. The lowest BCUT2D eigenvalue weighted by Gasteiger charge is -2.19. The number of nitrogens with one attached hydrogen (secondary N) is 1. The fourth-order valence-corrected chi connectivity index (χ4v) is 4.00. The summed E-state index contributed by atoms with van der Waals surface area (Å²) in [5.41, 5.74) is 7.90. The van der Waals surface area contributed by atoms with Crippen molar-refractivity contribution in [2.75, 3.05) is 13.2 Å². The van der Waals surface area contributed by atoms with Crippen molar-refractivity contribution >= 4 is 6.09 Å². The molecular formula is C25H25NO3. The Morgan fingerprint density at radius 1 is 0.966 bits per heavy atom. The zero-order valence-electron chi connectivity index (χ0n) is 16.7. The molecule has 1 aliphatic rings. The second-order valence-electron chi connectivity index (χ2n) is 7.55. The number of aryl methyl sites for hydroxylation is 2. The Kier molecular flexibility index (Phi) is 5.36. The average Bonchev–Trinajstić information content (AvgIpc) is 3.06. The second-order valence-corrected chi connectivity index (χ2v) is 7.55. The number of ether oxygens (including phenoxy) is 1. The first kappa shape index (κ1) is 19.2. The second kappa shape index (κ2) is 8.10. The molecule has 0 saturated carbocycles. The highest BCUT2D eigenvalue weighted by molar-refractivity contribution is 5.79. The minimum Gasteiger partial charge on any atom is -0.449 e. The van der Waals surface area contributed by atoms with Gasteiger partial charge in [-0.05, 0) is 52.8 Å². The van der Waals surface area contributed by atoms with Gasteiger partial charge in [0.05, 0.1) is 12.6 Å². The standard InChI is InChI=1S/C25H25NO3/c1-16-11-12-18(13-17(16)2)24(14-27)26-25(28)29-15-23-21-9-5-3-7-19(21)20-8-4-6-10-22(20)23/h3-13,23-24,27H,14-15H2,1-2H3,(H,26,28). The molecule has 3 aromatic carbocycles. The Hall–Kier alpha value is -3.11. The van der Waals surface area contributed by atoms with Crippen molar-refractivity contribution in [3.8, 4) is 11.1 Å². The maximum Gasteiger partial charge on any atom is 0.407 e. The van der Waals surface area contributed by atoms with Gasteiger partial charge in [-0.15, -0.1) is 0 Å². The van der Waals surface area contributed by atoms with Gasteiger partial charge in [0.2, 0.25) is 0 Å². The molecule has 1 amide bonds. The van der Waals surface area contributed by atoms with Crippen LogP contribution in [0.2, 0.25) is 0 Å². The number of carbonyl (C=O) groups is 1. The predicted octanol–water partition coefficient (Wildman–Crippen LogP) is 4.88. The Labute approximate surface area is 171 Å². The van der Waals surface area contributed by atoms with E-state index in [0.717, 1.165) is 11.1 Å². The highest BCUT2D eigenvalue weighted by Gasteiger charge is 2.29. The fourth-order valence-electron chi connectivity index (χ4n) is 4.00. The van der Waals surface area contributed by atoms with Crippen LogP contribution in [0.25, 0.3) is 11.1 Å². The molecule has 2 N–H and O–H groups in total. The molecule has 0 heterocycles. The molecule has 3 aromatic rings. The van der Waals surface area contributed by atoms with Crippen molar-refractivity contribution in [2.24, 2.45) is 0 Å². The molecule has 0 aromatic heterocycles. The highest BCUT2D eigenvalue weighted by Crippen LogP contribution is 2.44. The van der Waals surface area contributed by atoms with Gasteiger partial charge in [-0.2, -0.15) is 0 Å². The van der Waals surface area contributed by atoms with E-state index in [4.69, 9.17) is 4.74 Å². The van der Waals surface area contributed by atoms with Crippen molar-refractivity contribution in [3.63, 3.8) is 0 Å². The molecule has 0 saturated heterocycles. The number of rotatable bonds is 5. The van der Waals surface area contributed by atoms with E-state index in [-0.39, 0.29) is 19.1 Å². The molecule has 1 aliphatic carbocycles. The maximum atomic E-state index is 12.5. The number of benzene rings is 3. The van der Waals surface area contributed by atoms with E-state index in [2.05, 4.69) is 29.6 Å². The van der Waals surface area contributed by atoms with Gasteiger partial charge in [-0.1, -0.05) is 66.7 Å². The Balaban J connectivity index is 1.46. The molecule has 0 spiro atoms. The summed E-state index contributed by atoms with van der Waals surface area (Å²) in [4.78, 5) is 12.5. The first-order chi connectivity index (χ1) is 14.1. The van der Waals surface area contributed by atoms with Crippen LogP contribution in [0.4, 0.5) is 4.79 Å². The predicted molar refractivity (Wildman–Crippen MR) is 114 cm³/mol. The Morgan fingerprint density at radius 3 is 2.17 bits per heavy atom. The number of aliphatic hydroxyl groups is 1. The fraction of sp³-hybridized carbons (Fsp3) is 0.240. The molecule has 1 unspecified atom stereocenters. The summed E-state index contributed by atoms with van der Waals surface area (Å²) in [5, 5.41) is 12.5. The maximum absolute atomic E-state index is 12.5.